The molecule has 0 aromatic carbocycles. The lowest BCUT2D eigenvalue weighted by molar-refractivity contribution is 0.0935. The van der Waals surface area contributed by atoms with Crippen molar-refractivity contribution in [2.24, 2.45) is 0 Å². The lowest BCUT2D eigenvalue weighted by atomic mass is 9.97. The third kappa shape index (κ3) is 0.853. The van der Waals surface area contributed by atoms with Gasteiger partial charge in [0.15, 0.2) is 5.78 Å². The van der Waals surface area contributed by atoms with E-state index in [0.29, 0.717) is 0 Å². The molecule has 2 aliphatic rings. The molecular weight excluding hydrogens is 240 g/mol. The SMILES string of the molecule is O=C1c2ccsc2C2C(O)c3ccsc3C12. The molecule has 4 rings (SSSR count). The van der Waals surface area contributed by atoms with E-state index >= 15 is 0 Å². The number of ketones is 1. The molecule has 0 spiro atoms. The number of aliphatic hydroxyl groups excluding tert-OH is 1. The number of rotatable bonds is 0. The molecule has 0 saturated heterocycles. The van der Waals surface area contributed by atoms with E-state index in [9.17, 15) is 9.90 Å². The highest BCUT2D eigenvalue weighted by Gasteiger charge is 2.52. The highest BCUT2D eigenvalue weighted by molar-refractivity contribution is 7.11. The van der Waals surface area contributed by atoms with Crippen LogP contribution in [0.5, 0.6) is 0 Å². The van der Waals surface area contributed by atoms with Gasteiger partial charge in [0.1, 0.15) is 0 Å². The Kier molecular flexibility index (Phi) is 1.61. The van der Waals surface area contributed by atoms with Gasteiger partial charge in [0, 0.05) is 21.2 Å². The van der Waals surface area contributed by atoms with Crippen molar-refractivity contribution in [1.29, 1.82) is 0 Å². The third-order valence-electron chi connectivity index (χ3n) is 3.57. The second-order valence-corrected chi connectivity index (χ2v) is 6.15. The number of hydrogen-bond acceptors (Lipinski definition) is 4. The summed E-state index contributed by atoms with van der Waals surface area (Å²) in [5, 5.41) is 14.2. The van der Waals surface area contributed by atoms with Gasteiger partial charge >= 0.3 is 0 Å². The smallest absolute Gasteiger partial charge is 0.173 e. The average molecular weight is 248 g/mol. The van der Waals surface area contributed by atoms with Crippen LogP contribution in [-0.2, 0) is 0 Å². The topological polar surface area (TPSA) is 37.3 Å². The van der Waals surface area contributed by atoms with Gasteiger partial charge < -0.3 is 5.11 Å². The summed E-state index contributed by atoms with van der Waals surface area (Å²) < 4.78 is 0. The Hall–Kier alpha value is -0.970. The molecule has 0 bridgehead atoms. The van der Waals surface area contributed by atoms with Gasteiger partial charge in [-0.15, -0.1) is 22.7 Å². The Morgan fingerprint density at radius 2 is 1.88 bits per heavy atom. The maximum atomic E-state index is 12.2. The van der Waals surface area contributed by atoms with Crippen LogP contribution in [-0.4, -0.2) is 10.9 Å². The predicted octanol–water partition coefficient (Wildman–Crippen LogP) is 2.92. The van der Waals surface area contributed by atoms with E-state index in [1.54, 1.807) is 22.7 Å². The molecule has 2 nitrogen and oxygen atoms in total. The van der Waals surface area contributed by atoms with Gasteiger partial charge in [-0.1, -0.05) is 0 Å². The van der Waals surface area contributed by atoms with E-state index in [1.807, 2.05) is 22.9 Å². The maximum absolute atomic E-state index is 12.2. The Morgan fingerprint density at radius 1 is 1.12 bits per heavy atom. The summed E-state index contributed by atoms with van der Waals surface area (Å²) in [4.78, 5) is 14.4. The van der Waals surface area contributed by atoms with E-state index in [0.717, 1.165) is 20.9 Å². The first-order chi connectivity index (χ1) is 7.79. The number of carbonyl (C=O) groups excluding carboxylic acids is 1. The molecule has 2 heterocycles. The molecular formula is C12H8O2S2. The summed E-state index contributed by atoms with van der Waals surface area (Å²) in [5.41, 5.74) is 1.80. The summed E-state index contributed by atoms with van der Waals surface area (Å²) in [7, 11) is 0. The Labute approximate surface area is 100 Å². The molecule has 80 valence electrons. The van der Waals surface area contributed by atoms with Crippen molar-refractivity contribution in [3.8, 4) is 0 Å². The molecule has 2 aromatic heterocycles. The fourth-order valence-electron chi connectivity index (χ4n) is 2.89. The van der Waals surface area contributed by atoms with Crippen LogP contribution >= 0.6 is 22.7 Å². The van der Waals surface area contributed by atoms with E-state index in [1.165, 1.54) is 0 Å². The van der Waals surface area contributed by atoms with E-state index in [2.05, 4.69) is 0 Å². The Balaban J connectivity index is 1.99. The zero-order valence-electron chi connectivity index (χ0n) is 8.21. The molecule has 0 saturated carbocycles. The number of Topliss-reactive ketones (excluding diaryl/α,β-unsaturated/α-hetero) is 1. The molecule has 3 atom stereocenters. The van der Waals surface area contributed by atoms with Crippen molar-refractivity contribution in [2.75, 3.05) is 0 Å². The molecule has 0 amide bonds. The Bertz CT molecular complexity index is 596. The number of thiophene rings is 2. The highest BCUT2D eigenvalue weighted by atomic mass is 32.1. The van der Waals surface area contributed by atoms with Gasteiger partial charge in [-0.3, -0.25) is 4.79 Å². The van der Waals surface area contributed by atoms with Gasteiger partial charge in [-0.25, -0.2) is 0 Å². The molecule has 2 aliphatic carbocycles. The molecule has 0 fully saturated rings. The minimum atomic E-state index is -0.491. The minimum absolute atomic E-state index is 0.00931. The molecule has 4 heteroatoms. The van der Waals surface area contributed by atoms with Crippen LogP contribution in [0.4, 0.5) is 0 Å². The highest BCUT2D eigenvalue weighted by Crippen LogP contribution is 2.59. The van der Waals surface area contributed by atoms with Crippen LogP contribution in [0, 0.1) is 0 Å². The Morgan fingerprint density at radius 3 is 2.75 bits per heavy atom. The van der Waals surface area contributed by atoms with Gasteiger partial charge in [-0.05, 0) is 28.5 Å². The fourth-order valence-corrected chi connectivity index (χ4v) is 5.05. The van der Waals surface area contributed by atoms with Crippen LogP contribution < -0.4 is 0 Å². The predicted molar refractivity (Wildman–Crippen MR) is 63.4 cm³/mol. The van der Waals surface area contributed by atoms with Crippen LogP contribution in [0.15, 0.2) is 22.9 Å². The van der Waals surface area contributed by atoms with Gasteiger partial charge in [0.25, 0.3) is 0 Å². The van der Waals surface area contributed by atoms with Crippen LogP contribution in [0.25, 0.3) is 0 Å². The summed E-state index contributed by atoms with van der Waals surface area (Å²) >= 11 is 3.19. The molecule has 3 unspecified atom stereocenters. The minimum Gasteiger partial charge on any atom is -0.388 e. The second-order valence-electron chi connectivity index (χ2n) is 4.25. The maximum Gasteiger partial charge on any atom is 0.173 e. The van der Waals surface area contributed by atoms with Crippen LogP contribution in [0.3, 0.4) is 0 Å². The number of hydrogen-bond donors (Lipinski definition) is 1. The zero-order valence-corrected chi connectivity index (χ0v) is 9.85. The van der Waals surface area contributed by atoms with Gasteiger partial charge in [0.2, 0.25) is 0 Å². The molecule has 16 heavy (non-hydrogen) atoms. The summed E-state index contributed by atoms with van der Waals surface area (Å²) in [6.07, 6.45) is -0.491. The van der Waals surface area contributed by atoms with Crippen LogP contribution in [0.1, 0.15) is 43.6 Å². The van der Waals surface area contributed by atoms with Crippen molar-refractivity contribution in [3.05, 3.63) is 43.8 Å². The lowest BCUT2D eigenvalue weighted by Crippen LogP contribution is -2.08. The van der Waals surface area contributed by atoms with E-state index in [4.69, 9.17) is 0 Å². The van der Waals surface area contributed by atoms with Crippen molar-refractivity contribution in [1.82, 2.24) is 0 Å². The first-order valence-electron chi connectivity index (χ1n) is 5.16. The number of fused-ring (bicyclic) bond motifs is 5. The molecule has 1 N–H and O–H groups in total. The van der Waals surface area contributed by atoms with Crippen molar-refractivity contribution < 1.29 is 9.90 Å². The van der Waals surface area contributed by atoms with E-state index in [-0.39, 0.29) is 17.6 Å². The molecule has 0 aliphatic heterocycles. The summed E-state index contributed by atoms with van der Waals surface area (Å²) in [6, 6.07) is 3.84. The quantitative estimate of drug-likeness (QED) is 0.778. The average Bonchev–Trinajstić information content (AvgIpc) is 2.93. The number of carbonyl (C=O) groups is 1. The van der Waals surface area contributed by atoms with Crippen molar-refractivity contribution in [3.63, 3.8) is 0 Å². The molecule has 2 aromatic rings. The zero-order chi connectivity index (χ0) is 10.9. The normalized spacial score (nSPS) is 30.3. The summed E-state index contributed by atoms with van der Waals surface area (Å²) in [6.45, 7) is 0. The van der Waals surface area contributed by atoms with E-state index < -0.39 is 6.10 Å². The van der Waals surface area contributed by atoms with Crippen LogP contribution in [0.2, 0.25) is 0 Å². The van der Waals surface area contributed by atoms with Crippen molar-refractivity contribution in [2.45, 2.75) is 17.9 Å². The summed E-state index contributed by atoms with van der Waals surface area (Å²) in [5.74, 6) is 0.0823. The van der Waals surface area contributed by atoms with Gasteiger partial charge in [-0.2, -0.15) is 0 Å². The number of aliphatic hydroxyl groups is 1. The lowest BCUT2D eigenvalue weighted by Gasteiger charge is -2.12. The largest absolute Gasteiger partial charge is 0.388 e. The monoisotopic (exact) mass is 248 g/mol. The molecule has 0 radical (unpaired) electrons. The second kappa shape index (κ2) is 2.83. The van der Waals surface area contributed by atoms with Gasteiger partial charge in [0.05, 0.1) is 12.0 Å². The standard InChI is InChI=1S/C12H8O2S2/c13-9-5-1-3-15-11(5)8-7(9)12-6(10(8)14)2-4-16-12/h1-4,7-9,13H. The third-order valence-corrected chi connectivity index (χ3v) is 5.61. The first kappa shape index (κ1) is 9.10. The fraction of sp³-hybridized carbons (Fsp3) is 0.250. The van der Waals surface area contributed by atoms with Crippen molar-refractivity contribution >= 4 is 28.5 Å². The first-order valence-corrected chi connectivity index (χ1v) is 6.92.